The number of benzene rings is 2. The Labute approximate surface area is 164 Å². The van der Waals surface area contributed by atoms with E-state index in [-0.39, 0.29) is 5.91 Å². The van der Waals surface area contributed by atoms with Gasteiger partial charge in [-0.1, -0.05) is 24.3 Å². The summed E-state index contributed by atoms with van der Waals surface area (Å²) < 4.78 is 12.5. The molecule has 144 valence electrons. The maximum Gasteiger partial charge on any atom is 0.244 e. The first-order valence-corrected chi connectivity index (χ1v) is 8.89. The zero-order valence-corrected chi connectivity index (χ0v) is 16.0. The minimum absolute atomic E-state index is 0.166. The van der Waals surface area contributed by atoms with E-state index in [1.165, 1.54) is 11.6 Å². The van der Waals surface area contributed by atoms with E-state index in [1.807, 2.05) is 35.0 Å². The smallest absolute Gasteiger partial charge is 0.244 e. The van der Waals surface area contributed by atoms with Crippen molar-refractivity contribution in [3.05, 3.63) is 84.0 Å². The molecule has 0 spiro atoms. The predicted octanol–water partition coefficient (Wildman–Crippen LogP) is 3.28. The van der Waals surface area contributed by atoms with Crippen LogP contribution in [-0.4, -0.2) is 29.7 Å². The van der Waals surface area contributed by atoms with Crippen LogP contribution in [0.2, 0.25) is 0 Å². The lowest BCUT2D eigenvalue weighted by molar-refractivity contribution is -0.116. The van der Waals surface area contributed by atoms with Crippen LogP contribution in [-0.2, 0) is 17.9 Å². The Kier molecular flexibility index (Phi) is 6.46. The number of carbonyl (C=O) groups excluding carboxylic acids is 1. The summed E-state index contributed by atoms with van der Waals surface area (Å²) in [5.74, 6) is 1.19. The second-order valence-electron chi connectivity index (χ2n) is 6.21. The summed E-state index contributed by atoms with van der Waals surface area (Å²) in [6.45, 7) is 1.24. The molecule has 3 rings (SSSR count). The van der Waals surface area contributed by atoms with Crippen molar-refractivity contribution in [2.75, 3.05) is 14.2 Å². The fourth-order valence-corrected chi connectivity index (χ4v) is 2.72. The van der Waals surface area contributed by atoms with Crippen LogP contribution in [0.25, 0.3) is 6.08 Å². The topological polar surface area (TPSA) is 65.4 Å². The van der Waals surface area contributed by atoms with Crippen LogP contribution in [0.4, 0.5) is 0 Å². The monoisotopic (exact) mass is 377 g/mol. The number of imidazole rings is 1. The van der Waals surface area contributed by atoms with E-state index >= 15 is 0 Å². The lowest BCUT2D eigenvalue weighted by Crippen LogP contribution is -2.20. The molecule has 0 saturated heterocycles. The van der Waals surface area contributed by atoms with Crippen molar-refractivity contribution in [3.8, 4) is 11.5 Å². The number of hydrogen-bond acceptors (Lipinski definition) is 4. The molecular formula is C22H23N3O3. The second kappa shape index (κ2) is 9.41. The average molecular weight is 377 g/mol. The summed E-state index contributed by atoms with van der Waals surface area (Å²) in [7, 11) is 3.19. The average Bonchev–Trinajstić information content (AvgIpc) is 3.24. The van der Waals surface area contributed by atoms with Gasteiger partial charge in [0.25, 0.3) is 0 Å². The molecule has 0 atom stereocenters. The molecule has 0 aliphatic carbocycles. The van der Waals surface area contributed by atoms with E-state index in [4.69, 9.17) is 9.47 Å². The van der Waals surface area contributed by atoms with Crippen LogP contribution in [0, 0.1) is 0 Å². The van der Waals surface area contributed by atoms with Crippen LogP contribution in [0.1, 0.15) is 16.7 Å². The molecule has 0 radical (unpaired) electrons. The van der Waals surface area contributed by atoms with E-state index in [1.54, 1.807) is 38.9 Å². The summed E-state index contributed by atoms with van der Waals surface area (Å²) in [6.07, 6.45) is 8.70. The van der Waals surface area contributed by atoms with Crippen molar-refractivity contribution in [1.82, 2.24) is 14.9 Å². The van der Waals surface area contributed by atoms with E-state index in [0.717, 1.165) is 17.7 Å². The highest BCUT2D eigenvalue weighted by molar-refractivity contribution is 5.92. The molecule has 1 aromatic heterocycles. The summed E-state index contributed by atoms with van der Waals surface area (Å²) in [5, 5.41) is 2.89. The maximum atomic E-state index is 12.1. The van der Waals surface area contributed by atoms with Crippen molar-refractivity contribution in [2.45, 2.75) is 13.1 Å². The van der Waals surface area contributed by atoms with Crippen molar-refractivity contribution < 1.29 is 14.3 Å². The van der Waals surface area contributed by atoms with E-state index in [0.29, 0.717) is 18.0 Å². The Bertz CT molecular complexity index is 932. The number of carbonyl (C=O) groups is 1. The lowest BCUT2D eigenvalue weighted by atomic mass is 10.1. The van der Waals surface area contributed by atoms with Gasteiger partial charge < -0.3 is 19.4 Å². The number of hydrogen-bond donors (Lipinski definition) is 1. The van der Waals surface area contributed by atoms with Crippen LogP contribution >= 0.6 is 0 Å². The number of methoxy groups -OCH3 is 2. The first-order valence-electron chi connectivity index (χ1n) is 8.89. The first kappa shape index (κ1) is 19.2. The minimum Gasteiger partial charge on any atom is -0.497 e. The van der Waals surface area contributed by atoms with E-state index < -0.39 is 0 Å². The van der Waals surface area contributed by atoms with Gasteiger partial charge in [0.2, 0.25) is 5.91 Å². The third-order valence-electron chi connectivity index (χ3n) is 4.27. The second-order valence-corrected chi connectivity index (χ2v) is 6.21. The van der Waals surface area contributed by atoms with Gasteiger partial charge in [-0.05, 0) is 29.3 Å². The largest absolute Gasteiger partial charge is 0.497 e. The molecule has 1 N–H and O–H groups in total. The SMILES string of the molecule is COc1ccc(/C=C/C(=O)NCc2ccc(Cn3ccnc3)cc2)c(OC)c1. The fraction of sp³-hybridized carbons (Fsp3) is 0.182. The molecular weight excluding hydrogens is 354 g/mol. The standard InChI is InChI=1S/C22H23N3O3/c1-27-20-9-7-19(21(13-20)28-2)8-10-22(26)24-14-17-3-5-18(6-4-17)15-25-12-11-23-16-25/h3-13,16H,14-15H2,1-2H3,(H,24,26)/b10-8+. The molecule has 0 bridgehead atoms. The van der Waals surface area contributed by atoms with Gasteiger partial charge in [-0.15, -0.1) is 0 Å². The van der Waals surface area contributed by atoms with Gasteiger partial charge in [0.1, 0.15) is 11.5 Å². The molecule has 6 nitrogen and oxygen atoms in total. The Morgan fingerprint density at radius 2 is 1.89 bits per heavy atom. The van der Waals surface area contributed by atoms with Gasteiger partial charge in [-0.2, -0.15) is 0 Å². The Morgan fingerprint density at radius 1 is 1.11 bits per heavy atom. The molecule has 0 fully saturated rings. The number of nitrogens with one attached hydrogen (secondary N) is 1. The highest BCUT2D eigenvalue weighted by Gasteiger charge is 2.03. The molecule has 1 amide bonds. The summed E-state index contributed by atoms with van der Waals surface area (Å²) in [6, 6.07) is 13.6. The van der Waals surface area contributed by atoms with Crippen molar-refractivity contribution >= 4 is 12.0 Å². The van der Waals surface area contributed by atoms with Gasteiger partial charge in [-0.3, -0.25) is 4.79 Å². The number of nitrogens with zero attached hydrogens (tertiary/aromatic N) is 2. The van der Waals surface area contributed by atoms with Crippen molar-refractivity contribution in [1.29, 1.82) is 0 Å². The highest BCUT2D eigenvalue weighted by Crippen LogP contribution is 2.25. The molecule has 1 heterocycles. The molecule has 0 unspecified atom stereocenters. The quantitative estimate of drug-likeness (QED) is 0.612. The maximum absolute atomic E-state index is 12.1. The Morgan fingerprint density at radius 3 is 2.57 bits per heavy atom. The molecule has 0 aliphatic rings. The molecule has 28 heavy (non-hydrogen) atoms. The van der Waals surface area contributed by atoms with Gasteiger partial charge >= 0.3 is 0 Å². The van der Waals surface area contributed by atoms with Gasteiger partial charge in [-0.25, -0.2) is 4.98 Å². The molecule has 2 aromatic carbocycles. The van der Waals surface area contributed by atoms with E-state index in [2.05, 4.69) is 22.4 Å². The number of amides is 1. The predicted molar refractivity (Wildman–Crippen MR) is 108 cm³/mol. The lowest BCUT2D eigenvalue weighted by Gasteiger charge is -2.07. The normalized spacial score (nSPS) is 10.8. The molecule has 0 saturated carbocycles. The first-order chi connectivity index (χ1) is 13.7. The van der Waals surface area contributed by atoms with Crippen molar-refractivity contribution in [2.24, 2.45) is 0 Å². The van der Waals surface area contributed by atoms with Gasteiger partial charge in [0.05, 0.1) is 20.5 Å². The zero-order valence-electron chi connectivity index (χ0n) is 16.0. The third kappa shape index (κ3) is 5.23. The minimum atomic E-state index is -0.166. The Balaban J connectivity index is 1.53. The fourth-order valence-electron chi connectivity index (χ4n) is 2.72. The molecule has 0 aliphatic heterocycles. The van der Waals surface area contributed by atoms with Crippen LogP contribution in [0.15, 0.2) is 67.3 Å². The molecule has 6 heteroatoms. The van der Waals surface area contributed by atoms with Crippen LogP contribution in [0.3, 0.4) is 0 Å². The summed E-state index contributed by atoms with van der Waals surface area (Å²) in [5.41, 5.74) is 3.03. The van der Waals surface area contributed by atoms with Crippen molar-refractivity contribution in [3.63, 3.8) is 0 Å². The van der Waals surface area contributed by atoms with Gasteiger partial charge in [0.15, 0.2) is 0 Å². The third-order valence-corrected chi connectivity index (χ3v) is 4.27. The number of ether oxygens (including phenoxy) is 2. The van der Waals surface area contributed by atoms with Gasteiger partial charge in [0, 0.05) is 43.2 Å². The van der Waals surface area contributed by atoms with Crippen LogP contribution in [0.5, 0.6) is 11.5 Å². The number of aromatic nitrogens is 2. The summed E-state index contributed by atoms with van der Waals surface area (Å²) >= 11 is 0. The Hall–Kier alpha value is -3.54. The molecule has 3 aromatic rings. The number of rotatable bonds is 8. The zero-order chi connectivity index (χ0) is 19.8. The summed E-state index contributed by atoms with van der Waals surface area (Å²) in [4.78, 5) is 16.2. The van der Waals surface area contributed by atoms with Crippen LogP contribution < -0.4 is 14.8 Å². The van der Waals surface area contributed by atoms with E-state index in [9.17, 15) is 4.79 Å². The highest BCUT2D eigenvalue weighted by atomic mass is 16.5.